The van der Waals surface area contributed by atoms with Gasteiger partial charge in [0.2, 0.25) is 5.91 Å². The van der Waals surface area contributed by atoms with Gasteiger partial charge in [-0.3, -0.25) is 9.59 Å². The van der Waals surface area contributed by atoms with Crippen molar-refractivity contribution in [3.8, 4) is 0 Å². The number of nitrogens with zero attached hydrogens (tertiary/aromatic N) is 1. The summed E-state index contributed by atoms with van der Waals surface area (Å²) < 4.78 is 0. The van der Waals surface area contributed by atoms with E-state index in [4.69, 9.17) is 0 Å². The molecule has 1 atom stereocenters. The lowest BCUT2D eigenvalue weighted by Gasteiger charge is -2.39. The third-order valence-corrected chi connectivity index (χ3v) is 6.13. The molecule has 0 aliphatic carbocycles. The standard InChI is InChI=1S/C24H28N2O3/c1-23(2,29)14-12-17-8-10-18(11-9-17)21(27)26-15-5-13-24(16-26)19-6-3-4-7-20(19)25-22(24)28/h3-4,6-11,29H,5,12-16H2,1-2H3,(H,25,28)/t24-/m1/s1. The predicted molar refractivity (Wildman–Crippen MR) is 113 cm³/mol. The summed E-state index contributed by atoms with van der Waals surface area (Å²) in [5.74, 6) is -0.0338. The number of hydrogen-bond acceptors (Lipinski definition) is 3. The average Bonchev–Trinajstić information content (AvgIpc) is 2.97. The Labute approximate surface area is 171 Å². The molecule has 152 valence electrons. The van der Waals surface area contributed by atoms with Gasteiger partial charge in [-0.15, -0.1) is 0 Å². The Balaban J connectivity index is 1.51. The number of aliphatic hydroxyl groups is 1. The average molecular weight is 392 g/mol. The van der Waals surface area contributed by atoms with Crippen molar-refractivity contribution in [3.05, 3.63) is 65.2 Å². The van der Waals surface area contributed by atoms with Crippen molar-refractivity contribution in [2.24, 2.45) is 0 Å². The van der Waals surface area contributed by atoms with Crippen molar-refractivity contribution in [1.82, 2.24) is 4.90 Å². The van der Waals surface area contributed by atoms with Crippen LogP contribution in [0.25, 0.3) is 0 Å². The summed E-state index contributed by atoms with van der Waals surface area (Å²) in [7, 11) is 0. The first-order chi connectivity index (χ1) is 13.8. The SMILES string of the molecule is CC(C)(O)CCc1ccc(C(=O)N2CCC[C@]3(C2)C(=O)Nc2ccccc23)cc1. The molecule has 2 aliphatic heterocycles. The number of anilines is 1. The van der Waals surface area contributed by atoms with Gasteiger partial charge in [-0.2, -0.15) is 0 Å². The van der Waals surface area contributed by atoms with E-state index in [9.17, 15) is 14.7 Å². The second-order valence-electron chi connectivity index (χ2n) is 8.92. The first-order valence-electron chi connectivity index (χ1n) is 10.3. The number of rotatable bonds is 4. The van der Waals surface area contributed by atoms with Gasteiger partial charge < -0.3 is 15.3 Å². The van der Waals surface area contributed by atoms with Crippen LogP contribution < -0.4 is 5.32 Å². The zero-order valence-electron chi connectivity index (χ0n) is 17.1. The Bertz CT molecular complexity index is 930. The highest BCUT2D eigenvalue weighted by atomic mass is 16.3. The molecule has 1 fully saturated rings. The van der Waals surface area contributed by atoms with Gasteiger partial charge in [-0.1, -0.05) is 30.3 Å². The topological polar surface area (TPSA) is 69.6 Å². The van der Waals surface area contributed by atoms with Crippen LogP contribution in [-0.4, -0.2) is 40.5 Å². The summed E-state index contributed by atoms with van der Waals surface area (Å²) >= 11 is 0. The molecule has 0 aromatic heterocycles. The van der Waals surface area contributed by atoms with E-state index in [1.807, 2.05) is 53.4 Å². The van der Waals surface area contributed by atoms with Gasteiger partial charge in [0.15, 0.2) is 0 Å². The molecule has 2 aliphatic rings. The number of carbonyl (C=O) groups is 2. The molecule has 0 radical (unpaired) electrons. The molecule has 0 unspecified atom stereocenters. The molecule has 29 heavy (non-hydrogen) atoms. The summed E-state index contributed by atoms with van der Waals surface area (Å²) in [5.41, 5.74) is 2.27. The number of piperidine rings is 1. The highest BCUT2D eigenvalue weighted by Crippen LogP contribution is 2.43. The van der Waals surface area contributed by atoms with Crippen LogP contribution >= 0.6 is 0 Å². The summed E-state index contributed by atoms with van der Waals surface area (Å²) in [4.78, 5) is 27.8. The Morgan fingerprint density at radius 1 is 1.17 bits per heavy atom. The Kier molecular flexibility index (Phi) is 4.95. The van der Waals surface area contributed by atoms with Crippen LogP contribution in [0.5, 0.6) is 0 Å². The Morgan fingerprint density at radius 2 is 1.90 bits per heavy atom. The largest absolute Gasteiger partial charge is 0.390 e. The highest BCUT2D eigenvalue weighted by Gasteiger charge is 2.49. The number of para-hydroxylation sites is 1. The van der Waals surface area contributed by atoms with Gasteiger partial charge in [0.1, 0.15) is 0 Å². The van der Waals surface area contributed by atoms with E-state index in [2.05, 4.69) is 5.32 Å². The zero-order chi connectivity index (χ0) is 20.6. The number of nitrogens with one attached hydrogen (secondary N) is 1. The lowest BCUT2D eigenvalue weighted by atomic mass is 9.75. The fraction of sp³-hybridized carbons (Fsp3) is 0.417. The number of carbonyl (C=O) groups excluding carboxylic acids is 2. The lowest BCUT2D eigenvalue weighted by Crippen LogP contribution is -2.51. The molecule has 0 bridgehead atoms. The molecule has 0 saturated carbocycles. The molecule has 5 heteroatoms. The van der Waals surface area contributed by atoms with E-state index in [-0.39, 0.29) is 11.8 Å². The van der Waals surface area contributed by atoms with E-state index < -0.39 is 11.0 Å². The zero-order valence-corrected chi connectivity index (χ0v) is 17.1. The molecule has 1 spiro atoms. The first-order valence-corrected chi connectivity index (χ1v) is 10.3. The fourth-order valence-electron chi connectivity index (χ4n) is 4.45. The van der Waals surface area contributed by atoms with E-state index in [1.54, 1.807) is 13.8 Å². The van der Waals surface area contributed by atoms with E-state index in [0.717, 1.165) is 36.1 Å². The third kappa shape index (κ3) is 3.79. The van der Waals surface area contributed by atoms with Crippen LogP contribution in [0.1, 0.15) is 54.6 Å². The predicted octanol–water partition coefficient (Wildman–Crippen LogP) is 3.52. The van der Waals surface area contributed by atoms with E-state index in [1.165, 1.54) is 0 Å². The van der Waals surface area contributed by atoms with Crippen LogP contribution in [0.3, 0.4) is 0 Å². The molecule has 2 aromatic carbocycles. The van der Waals surface area contributed by atoms with Crippen LogP contribution in [-0.2, 0) is 16.6 Å². The Hall–Kier alpha value is -2.66. The minimum absolute atomic E-state index is 0.00170. The number of likely N-dealkylation sites (tertiary alicyclic amines) is 1. The van der Waals surface area contributed by atoms with Gasteiger partial charge in [0.05, 0.1) is 11.0 Å². The summed E-state index contributed by atoms with van der Waals surface area (Å²) in [6, 6.07) is 15.4. The second-order valence-corrected chi connectivity index (χ2v) is 8.92. The summed E-state index contributed by atoms with van der Waals surface area (Å²) in [6.07, 6.45) is 3.00. The maximum Gasteiger partial charge on any atom is 0.253 e. The lowest BCUT2D eigenvalue weighted by molar-refractivity contribution is -0.122. The number of hydrogen-bond donors (Lipinski definition) is 2. The maximum absolute atomic E-state index is 13.1. The number of aryl methyl sites for hydroxylation is 1. The minimum atomic E-state index is -0.700. The molecule has 1 saturated heterocycles. The van der Waals surface area contributed by atoms with Gasteiger partial charge in [0, 0.05) is 24.3 Å². The van der Waals surface area contributed by atoms with Gasteiger partial charge in [-0.25, -0.2) is 0 Å². The third-order valence-electron chi connectivity index (χ3n) is 6.13. The monoisotopic (exact) mass is 392 g/mol. The maximum atomic E-state index is 13.1. The molecule has 2 heterocycles. The van der Waals surface area contributed by atoms with Crippen molar-refractivity contribution >= 4 is 17.5 Å². The molecular formula is C24H28N2O3. The normalized spacial score (nSPS) is 21.2. The van der Waals surface area contributed by atoms with Gasteiger partial charge in [0.25, 0.3) is 5.91 Å². The molecule has 2 aromatic rings. The molecule has 4 rings (SSSR count). The second kappa shape index (κ2) is 7.30. The van der Waals surface area contributed by atoms with Gasteiger partial charge in [-0.05, 0) is 68.9 Å². The van der Waals surface area contributed by atoms with Crippen LogP contribution in [0.2, 0.25) is 0 Å². The van der Waals surface area contributed by atoms with Gasteiger partial charge >= 0.3 is 0 Å². The van der Waals surface area contributed by atoms with Crippen molar-refractivity contribution in [3.63, 3.8) is 0 Å². The van der Waals surface area contributed by atoms with E-state index in [0.29, 0.717) is 25.1 Å². The van der Waals surface area contributed by atoms with E-state index >= 15 is 0 Å². The molecular weight excluding hydrogens is 364 g/mol. The van der Waals surface area contributed by atoms with Crippen molar-refractivity contribution in [2.75, 3.05) is 18.4 Å². The van der Waals surface area contributed by atoms with Crippen molar-refractivity contribution in [1.29, 1.82) is 0 Å². The minimum Gasteiger partial charge on any atom is -0.390 e. The quantitative estimate of drug-likeness (QED) is 0.836. The van der Waals surface area contributed by atoms with Crippen molar-refractivity contribution in [2.45, 2.75) is 50.5 Å². The van der Waals surface area contributed by atoms with Crippen LogP contribution in [0.15, 0.2) is 48.5 Å². The smallest absolute Gasteiger partial charge is 0.253 e. The molecule has 5 nitrogen and oxygen atoms in total. The molecule has 2 N–H and O–H groups in total. The summed E-state index contributed by atoms with van der Waals surface area (Å²) in [5, 5.41) is 12.9. The number of benzene rings is 2. The molecule has 2 amide bonds. The Morgan fingerprint density at radius 3 is 2.62 bits per heavy atom. The van der Waals surface area contributed by atoms with Crippen LogP contribution in [0.4, 0.5) is 5.69 Å². The number of amides is 2. The fourth-order valence-corrected chi connectivity index (χ4v) is 4.45. The van der Waals surface area contributed by atoms with Crippen LogP contribution in [0, 0.1) is 0 Å². The van der Waals surface area contributed by atoms with Crippen molar-refractivity contribution < 1.29 is 14.7 Å². The summed E-state index contributed by atoms with van der Waals surface area (Å²) in [6.45, 7) is 4.68. The number of fused-ring (bicyclic) bond motifs is 2. The highest BCUT2D eigenvalue weighted by molar-refractivity contribution is 6.07. The first kappa shape index (κ1) is 19.6.